The van der Waals surface area contributed by atoms with Gasteiger partial charge in [0.1, 0.15) is 5.75 Å². The van der Waals surface area contributed by atoms with E-state index in [4.69, 9.17) is 19.2 Å². The number of guanidine groups is 1. The van der Waals surface area contributed by atoms with Crippen LogP contribution in [0.2, 0.25) is 0 Å². The highest BCUT2D eigenvalue weighted by atomic mass is 127. The largest absolute Gasteiger partial charge is 0.497 e. The van der Waals surface area contributed by atoms with Crippen molar-refractivity contribution < 1.29 is 14.2 Å². The van der Waals surface area contributed by atoms with Crippen LogP contribution in [0.4, 0.5) is 0 Å². The predicted molar refractivity (Wildman–Crippen MR) is 138 cm³/mol. The van der Waals surface area contributed by atoms with Gasteiger partial charge in [-0.25, -0.2) is 9.98 Å². The highest BCUT2D eigenvalue weighted by Gasteiger charge is 2.22. The van der Waals surface area contributed by atoms with E-state index in [1.165, 1.54) is 12.8 Å². The Balaban J connectivity index is 0.00000363. The van der Waals surface area contributed by atoms with Crippen molar-refractivity contribution in [3.63, 3.8) is 0 Å². The molecule has 1 aliphatic rings. The molecule has 1 heterocycles. The summed E-state index contributed by atoms with van der Waals surface area (Å²) < 4.78 is 16.4. The van der Waals surface area contributed by atoms with E-state index in [0.29, 0.717) is 24.9 Å². The Morgan fingerprint density at radius 3 is 2.66 bits per heavy atom. The lowest BCUT2D eigenvalue weighted by molar-refractivity contribution is 0.145. The van der Waals surface area contributed by atoms with E-state index in [2.05, 4.69) is 15.6 Å². The summed E-state index contributed by atoms with van der Waals surface area (Å²) in [6, 6.07) is 12.0. The standard InChI is InChI=1S/C24H34N4O3.HI/c1-3-30-14-4-12-26-24(27-16-19-7-9-22(29-2)10-8-19)28-17-21-11-13-25-23(15-21)31-18-20-5-6-20;/h7-11,13,15,20H,3-6,12,14,16-18H2,1-2H3,(H2,26,27,28);1H. The molecule has 0 saturated heterocycles. The molecule has 8 heteroatoms. The van der Waals surface area contributed by atoms with Crippen molar-refractivity contribution in [2.75, 3.05) is 33.5 Å². The number of nitrogens with one attached hydrogen (secondary N) is 2. The number of ether oxygens (including phenoxy) is 3. The van der Waals surface area contributed by atoms with Gasteiger partial charge in [0.2, 0.25) is 5.88 Å². The van der Waals surface area contributed by atoms with Crippen molar-refractivity contribution in [3.05, 3.63) is 53.7 Å². The molecule has 0 unspecified atom stereocenters. The second-order valence-electron chi connectivity index (χ2n) is 7.60. The Hall–Kier alpha value is -2.07. The van der Waals surface area contributed by atoms with Crippen LogP contribution in [0.25, 0.3) is 0 Å². The Kier molecular flexibility index (Phi) is 12.2. The molecule has 1 saturated carbocycles. The van der Waals surface area contributed by atoms with E-state index in [1.54, 1.807) is 13.3 Å². The number of pyridine rings is 1. The average molecular weight is 554 g/mol. The fourth-order valence-electron chi connectivity index (χ4n) is 2.91. The molecule has 2 aromatic rings. The zero-order valence-corrected chi connectivity index (χ0v) is 21.3. The minimum atomic E-state index is 0. The third kappa shape index (κ3) is 10.0. The lowest BCUT2D eigenvalue weighted by Crippen LogP contribution is -2.37. The molecule has 0 atom stereocenters. The molecule has 2 N–H and O–H groups in total. The number of aromatic nitrogens is 1. The van der Waals surface area contributed by atoms with Gasteiger partial charge in [-0.15, -0.1) is 24.0 Å². The molecule has 7 nitrogen and oxygen atoms in total. The minimum Gasteiger partial charge on any atom is -0.497 e. The van der Waals surface area contributed by atoms with Crippen LogP contribution in [0.5, 0.6) is 11.6 Å². The van der Waals surface area contributed by atoms with Gasteiger partial charge >= 0.3 is 0 Å². The summed E-state index contributed by atoms with van der Waals surface area (Å²) in [5, 5.41) is 6.80. The number of nitrogens with zero attached hydrogens (tertiary/aromatic N) is 2. The molecule has 0 aliphatic heterocycles. The predicted octanol–water partition coefficient (Wildman–Crippen LogP) is 4.16. The molecular formula is C24H35IN4O3. The van der Waals surface area contributed by atoms with Crippen LogP contribution >= 0.6 is 24.0 Å². The van der Waals surface area contributed by atoms with Gasteiger partial charge in [0.15, 0.2) is 5.96 Å². The number of halogens is 1. The van der Waals surface area contributed by atoms with Crippen LogP contribution in [0.15, 0.2) is 47.6 Å². The van der Waals surface area contributed by atoms with E-state index < -0.39 is 0 Å². The smallest absolute Gasteiger partial charge is 0.213 e. The number of rotatable bonds is 13. The first kappa shape index (κ1) is 26.2. The van der Waals surface area contributed by atoms with Crippen LogP contribution in [0.1, 0.15) is 37.3 Å². The van der Waals surface area contributed by atoms with Crippen LogP contribution in [-0.2, 0) is 17.8 Å². The van der Waals surface area contributed by atoms with Crippen molar-refractivity contribution in [3.8, 4) is 11.6 Å². The number of hydrogen-bond acceptors (Lipinski definition) is 5. The topological polar surface area (TPSA) is 77.0 Å². The van der Waals surface area contributed by atoms with E-state index in [1.807, 2.05) is 43.3 Å². The van der Waals surface area contributed by atoms with Crippen LogP contribution < -0.4 is 20.1 Å². The van der Waals surface area contributed by atoms with Gasteiger partial charge < -0.3 is 24.8 Å². The van der Waals surface area contributed by atoms with Crippen molar-refractivity contribution in [2.45, 2.75) is 39.3 Å². The third-order valence-corrected chi connectivity index (χ3v) is 4.96. The molecular weight excluding hydrogens is 519 g/mol. The average Bonchev–Trinajstić information content (AvgIpc) is 3.64. The normalized spacial score (nSPS) is 13.2. The summed E-state index contributed by atoms with van der Waals surface area (Å²) in [7, 11) is 1.67. The number of benzene rings is 1. The fourth-order valence-corrected chi connectivity index (χ4v) is 2.91. The first-order chi connectivity index (χ1) is 15.3. The van der Waals surface area contributed by atoms with Gasteiger partial charge in [-0.2, -0.15) is 0 Å². The van der Waals surface area contributed by atoms with Crippen molar-refractivity contribution in [2.24, 2.45) is 10.9 Å². The maximum absolute atomic E-state index is 5.79. The van der Waals surface area contributed by atoms with Gasteiger partial charge in [-0.1, -0.05) is 12.1 Å². The molecule has 3 rings (SSSR count). The summed E-state index contributed by atoms with van der Waals surface area (Å²) in [6.07, 6.45) is 5.24. The highest BCUT2D eigenvalue weighted by molar-refractivity contribution is 14.0. The highest BCUT2D eigenvalue weighted by Crippen LogP contribution is 2.29. The molecule has 0 radical (unpaired) electrons. The zero-order valence-electron chi connectivity index (χ0n) is 19.0. The molecule has 0 amide bonds. The summed E-state index contributed by atoms with van der Waals surface area (Å²) >= 11 is 0. The SMILES string of the molecule is CCOCCCNC(=NCc1ccnc(OCC2CC2)c1)NCc1ccc(OC)cc1.I. The molecule has 176 valence electrons. The van der Waals surface area contributed by atoms with Crippen molar-refractivity contribution in [1.29, 1.82) is 0 Å². The summed E-state index contributed by atoms with van der Waals surface area (Å²) in [6.45, 7) is 6.26. The second-order valence-corrected chi connectivity index (χ2v) is 7.60. The van der Waals surface area contributed by atoms with Crippen LogP contribution in [0, 0.1) is 5.92 Å². The molecule has 1 aliphatic carbocycles. The summed E-state index contributed by atoms with van der Waals surface area (Å²) in [5.41, 5.74) is 2.23. The molecule has 0 bridgehead atoms. The number of aliphatic imine (C=N–C) groups is 1. The Morgan fingerprint density at radius 2 is 1.94 bits per heavy atom. The number of hydrogen-bond donors (Lipinski definition) is 2. The molecule has 1 aromatic carbocycles. The summed E-state index contributed by atoms with van der Waals surface area (Å²) in [4.78, 5) is 9.06. The maximum Gasteiger partial charge on any atom is 0.213 e. The quantitative estimate of drug-likeness (QED) is 0.168. The monoisotopic (exact) mass is 554 g/mol. The first-order valence-electron chi connectivity index (χ1n) is 11.1. The molecule has 1 fully saturated rings. The Bertz CT molecular complexity index is 813. The Morgan fingerprint density at radius 1 is 1.12 bits per heavy atom. The molecule has 32 heavy (non-hydrogen) atoms. The maximum atomic E-state index is 5.79. The first-order valence-corrected chi connectivity index (χ1v) is 11.1. The van der Waals surface area contributed by atoms with Gasteiger partial charge in [0.25, 0.3) is 0 Å². The lowest BCUT2D eigenvalue weighted by Gasteiger charge is -2.13. The Labute approximate surface area is 208 Å². The third-order valence-electron chi connectivity index (χ3n) is 4.96. The molecule has 1 aromatic heterocycles. The second kappa shape index (κ2) is 14.9. The van der Waals surface area contributed by atoms with E-state index >= 15 is 0 Å². The molecule has 0 spiro atoms. The van der Waals surface area contributed by atoms with Crippen LogP contribution in [-0.4, -0.2) is 44.4 Å². The van der Waals surface area contributed by atoms with Gasteiger partial charge in [-0.05, 0) is 61.4 Å². The van der Waals surface area contributed by atoms with Gasteiger partial charge in [0.05, 0.1) is 20.3 Å². The lowest BCUT2D eigenvalue weighted by atomic mass is 10.2. The van der Waals surface area contributed by atoms with Crippen molar-refractivity contribution in [1.82, 2.24) is 15.6 Å². The number of methoxy groups -OCH3 is 1. The van der Waals surface area contributed by atoms with Crippen LogP contribution in [0.3, 0.4) is 0 Å². The zero-order chi connectivity index (χ0) is 21.7. The van der Waals surface area contributed by atoms with E-state index in [9.17, 15) is 0 Å². The fraction of sp³-hybridized carbons (Fsp3) is 0.500. The van der Waals surface area contributed by atoms with Crippen molar-refractivity contribution >= 4 is 29.9 Å². The minimum absolute atomic E-state index is 0. The van der Waals surface area contributed by atoms with Gasteiger partial charge in [0, 0.05) is 38.6 Å². The summed E-state index contributed by atoms with van der Waals surface area (Å²) in [5.74, 6) is 3.00. The van der Waals surface area contributed by atoms with E-state index in [-0.39, 0.29) is 24.0 Å². The van der Waals surface area contributed by atoms with E-state index in [0.717, 1.165) is 55.6 Å². The van der Waals surface area contributed by atoms with Gasteiger partial charge in [-0.3, -0.25) is 0 Å².